The molecule has 0 aliphatic carbocycles. The van der Waals surface area contributed by atoms with E-state index in [0.717, 1.165) is 18.8 Å². The minimum absolute atomic E-state index is 0.200. The summed E-state index contributed by atoms with van der Waals surface area (Å²) in [5.74, 6) is 8.10. The monoisotopic (exact) mass is 375 g/mol. The lowest BCUT2D eigenvalue weighted by atomic mass is 10.2. The van der Waals surface area contributed by atoms with E-state index in [1.165, 1.54) is 12.2 Å². The number of carbonyl (C=O) groups excluding carboxylic acids is 1. The molecular weight excluding hydrogens is 342 g/mol. The molecule has 0 aliphatic heterocycles. The van der Waals surface area contributed by atoms with Crippen LogP contribution in [0.5, 0.6) is 0 Å². The molecule has 0 heterocycles. The van der Waals surface area contributed by atoms with E-state index in [1.54, 1.807) is 10.8 Å². The third-order valence-corrected chi connectivity index (χ3v) is 5.49. The quantitative estimate of drug-likeness (QED) is 0.226. The topological polar surface area (TPSA) is 47.6 Å². The molecule has 0 saturated heterocycles. The highest BCUT2D eigenvalue weighted by Gasteiger charge is 2.04. The number of amides is 1. The van der Waals surface area contributed by atoms with Crippen LogP contribution in [0.4, 0.5) is 4.79 Å². The SMILES string of the molecule is CC(C)C#CCNC(=O)OCCCCOC(C)SSCCC(C)C. The Bertz CT molecular complexity index is 378. The van der Waals surface area contributed by atoms with E-state index in [1.807, 2.05) is 24.6 Å². The number of hydrogen-bond donors (Lipinski definition) is 1. The first kappa shape index (κ1) is 23.5. The molecule has 1 atom stereocenters. The van der Waals surface area contributed by atoms with Crippen molar-refractivity contribution in [1.29, 1.82) is 0 Å². The summed E-state index contributed by atoms with van der Waals surface area (Å²) < 4.78 is 10.8. The van der Waals surface area contributed by atoms with Crippen molar-refractivity contribution < 1.29 is 14.3 Å². The number of alkyl carbamates (subject to hydrolysis) is 1. The average Bonchev–Trinajstić information content (AvgIpc) is 2.51. The van der Waals surface area contributed by atoms with E-state index >= 15 is 0 Å². The van der Waals surface area contributed by atoms with Gasteiger partial charge < -0.3 is 14.8 Å². The normalized spacial score (nSPS) is 12.0. The Hall–Kier alpha value is -0.510. The Kier molecular flexibility index (Phi) is 15.6. The first-order valence-electron chi connectivity index (χ1n) is 8.70. The molecule has 0 aromatic carbocycles. The number of nitrogens with one attached hydrogen (secondary N) is 1. The zero-order valence-electron chi connectivity index (χ0n) is 15.7. The highest BCUT2D eigenvalue weighted by atomic mass is 33.1. The molecule has 0 saturated carbocycles. The minimum Gasteiger partial charge on any atom is -0.450 e. The number of rotatable bonds is 12. The van der Waals surface area contributed by atoms with Crippen molar-refractivity contribution in [3.05, 3.63) is 0 Å². The summed E-state index contributed by atoms with van der Waals surface area (Å²) in [4.78, 5) is 11.4. The maximum Gasteiger partial charge on any atom is 0.407 e. The van der Waals surface area contributed by atoms with Crippen LogP contribution in [0.2, 0.25) is 0 Å². The molecule has 0 aromatic heterocycles. The second kappa shape index (κ2) is 16.0. The second-order valence-corrected chi connectivity index (χ2v) is 9.00. The van der Waals surface area contributed by atoms with Crippen molar-refractivity contribution in [3.8, 4) is 11.8 Å². The van der Waals surface area contributed by atoms with Gasteiger partial charge in [-0.05, 0) is 32.1 Å². The summed E-state index contributed by atoms with van der Waals surface area (Å²) in [6, 6.07) is 0. The molecule has 1 amide bonds. The van der Waals surface area contributed by atoms with Crippen molar-refractivity contribution in [2.24, 2.45) is 11.8 Å². The smallest absolute Gasteiger partial charge is 0.407 e. The van der Waals surface area contributed by atoms with Gasteiger partial charge in [-0.3, -0.25) is 0 Å². The zero-order chi connectivity index (χ0) is 18.2. The maximum atomic E-state index is 11.4. The molecule has 0 aromatic rings. The van der Waals surface area contributed by atoms with Crippen LogP contribution >= 0.6 is 21.6 Å². The Morgan fingerprint density at radius 3 is 2.50 bits per heavy atom. The van der Waals surface area contributed by atoms with Crippen LogP contribution in [-0.2, 0) is 9.47 Å². The Morgan fingerprint density at radius 1 is 1.12 bits per heavy atom. The molecule has 24 heavy (non-hydrogen) atoms. The van der Waals surface area contributed by atoms with Crippen molar-refractivity contribution >= 4 is 27.7 Å². The fraction of sp³-hybridized carbons (Fsp3) is 0.833. The van der Waals surface area contributed by atoms with E-state index in [9.17, 15) is 4.79 Å². The summed E-state index contributed by atoms with van der Waals surface area (Å²) in [7, 11) is 3.66. The highest BCUT2D eigenvalue weighted by molar-refractivity contribution is 8.76. The van der Waals surface area contributed by atoms with Gasteiger partial charge in [0.15, 0.2) is 0 Å². The number of hydrogen-bond acceptors (Lipinski definition) is 5. The van der Waals surface area contributed by atoms with Crippen molar-refractivity contribution in [1.82, 2.24) is 5.32 Å². The number of carbonyl (C=O) groups is 1. The lowest BCUT2D eigenvalue weighted by molar-refractivity contribution is 0.109. The molecule has 0 spiro atoms. The molecule has 4 nitrogen and oxygen atoms in total. The van der Waals surface area contributed by atoms with Gasteiger partial charge in [-0.25, -0.2) is 4.79 Å². The second-order valence-electron chi connectivity index (χ2n) is 6.21. The van der Waals surface area contributed by atoms with Crippen LogP contribution in [0.3, 0.4) is 0 Å². The highest BCUT2D eigenvalue weighted by Crippen LogP contribution is 2.28. The van der Waals surface area contributed by atoms with E-state index in [0.29, 0.717) is 25.7 Å². The van der Waals surface area contributed by atoms with Gasteiger partial charge in [-0.2, -0.15) is 0 Å². The molecule has 140 valence electrons. The van der Waals surface area contributed by atoms with Gasteiger partial charge in [0.2, 0.25) is 0 Å². The summed E-state index contributed by atoms with van der Waals surface area (Å²) in [6.45, 7) is 12.0. The standard InChI is InChI=1S/C18H33NO3S2/c1-15(2)9-8-11-19-18(20)22-13-7-6-12-21-17(5)24-23-14-10-16(3)4/h15-17H,6-7,10-14H2,1-5H3,(H,19,20). The summed E-state index contributed by atoms with van der Waals surface area (Å²) in [6.07, 6.45) is 2.54. The van der Waals surface area contributed by atoms with Gasteiger partial charge >= 0.3 is 6.09 Å². The Labute approximate surface area is 156 Å². The van der Waals surface area contributed by atoms with E-state index < -0.39 is 6.09 Å². The van der Waals surface area contributed by atoms with Crippen LogP contribution in [0.15, 0.2) is 0 Å². The molecule has 0 aliphatic rings. The van der Waals surface area contributed by atoms with Gasteiger partial charge in [0, 0.05) is 18.3 Å². The molecule has 6 heteroatoms. The molecule has 0 radical (unpaired) electrons. The van der Waals surface area contributed by atoms with E-state index in [4.69, 9.17) is 9.47 Å². The Balaban J connectivity index is 3.40. The van der Waals surface area contributed by atoms with Crippen molar-refractivity contribution in [2.75, 3.05) is 25.5 Å². The van der Waals surface area contributed by atoms with Crippen LogP contribution in [0.25, 0.3) is 0 Å². The molecule has 0 bridgehead atoms. The number of ether oxygens (including phenoxy) is 2. The predicted molar refractivity (Wildman–Crippen MR) is 106 cm³/mol. The first-order chi connectivity index (χ1) is 11.4. The molecule has 0 fully saturated rings. The summed E-state index contributed by atoms with van der Waals surface area (Å²) in [5.41, 5.74) is 0.200. The van der Waals surface area contributed by atoms with Gasteiger partial charge in [0.1, 0.15) is 5.44 Å². The van der Waals surface area contributed by atoms with E-state index in [2.05, 4.69) is 37.9 Å². The summed E-state index contributed by atoms with van der Waals surface area (Å²) >= 11 is 0. The predicted octanol–water partition coefficient (Wildman–Crippen LogP) is 4.94. The minimum atomic E-state index is -0.403. The molecule has 1 unspecified atom stereocenters. The first-order valence-corrected chi connectivity index (χ1v) is 11.1. The van der Waals surface area contributed by atoms with Crippen molar-refractivity contribution in [3.63, 3.8) is 0 Å². The zero-order valence-corrected chi connectivity index (χ0v) is 17.4. The third-order valence-electron chi connectivity index (χ3n) is 2.82. The molecular formula is C18H33NO3S2. The van der Waals surface area contributed by atoms with Crippen LogP contribution < -0.4 is 5.32 Å². The van der Waals surface area contributed by atoms with Crippen LogP contribution in [-0.4, -0.2) is 37.0 Å². The maximum absolute atomic E-state index is 11.4. The molecule has 1 N–H and O–H groups in total. The third kappa shape index (κ3) is 17.8. The van der Waals surface area contributed by atoms with Gasteiger partial charge in [-0.1, -0.05) is 61.1 Å². The molecule has 0 rings (SSSR count). The van der Waals surface area contributed by atoms with Crippen LogP contribution in [0, 0.1) is 23.7 Å². The largest absolute Gasteiger partial charge is 0.450 e. The number of unbranched alkanes of at least 4 members (excludes halogenated alkanes) is 1. The Morgan fingerprint density at radius 2 is 1.83 bits per heavy atom. The average molecular weight is 376 g/mol. The summed E-state index contributed by atoms with van der Waals surface area (Å²) in [5, 5.41) is 2.61. The lowest BCUT2D eigenvalue weighted by Crippen LogP contribution is -2.25. The van der Waals surface area contributed by atoms with Gasteiger partial charge in [-0.15, -0.1) is 0 Å². The van der Waals surface area contributed by atoms with Crippen molar-refractivity contribution in [2.45, 2.75) is 59.3 Å². The fourth-order valence-electron chi connectivity index (χ4n) is 1.50. The fourth-order valence-corrected chi connectivity index (χ4v) is 3.82. The van der Waals surface area contributed by atoms with E-state index in [-0.39, 0.29) is 5.44 Å². The van der Waals surface area contributed by atoms with Gasteiger partial charge in [0.05, 0.1) is 13.2 Å². The van der Waals surface area contributed by atoms with Gasteiger partial charge in [0.25, 0.3) is 0 Å². The lowest BCUT2D eigenvalue weighted by Gasteiger charge is -2.12. The van der Waals surface area contributed by atoms with Crippen LogP contribution in [0.1, 0.15) is 53.9 Å².